The molecule has 1 aromatic carbocycles. The van der Waals surface area contributed by atoms with Gasteiger partial charge in [-0.15, -0.1) is 0 Å². The van der Waals surface area contributed by atoms with E-state index in [1.54, 1.807) is 0 Å². The molecule has 0 unspecified atom stereocenters. The molecular weight excluding hydrogens is 376 g/mol. The number of ether oxygens (including phenoxy) is 2. The lowest BCUT2D eigenvalue weighted by atomic mass is 10.0. The van der Waals surface area contributed by atoms with E-state index in [9.17, 15) is 0 Å². The Kier molecular flexibility index (Phi) is 9.43. The van der Waals surface area contributed by atoms with Gasteiger partial charge < -0.3 is 25.0 Å². The number of nitrogens with one attached hydrogen (secondary N) is 2. The van der Waals surface area contributed by atoms with Crippen LogP contribution in [0.2, 0.25) is 0 Å². The molecule has 2 aliphatic rings. The molecule has 2 saturated heterocycles. The van der Waals surface area contributed by atoms with Crippen molar-refractivity contribution in [3.8, 4) is 0 Å². The van der Waals surface area contributed by atoms with E-state index in [4.69, 9.17) is 14.5 Å². The van der Waals surface area contributed by atoms with Crippen LogP contribution in [-0.2, 0) is 22.6 Å². The van der Waals surface area contributed by atoms with Gasteiger partial charge in [0.25, 0.3) is 0 Å². The summed E-state index contributed by atoms with van der Waals surface area (Å²) in [5, 5.41) is 7.03. The normalized spacial score (nSPS) is 19.9. The Morgan fingerprint density at radius 1 is 1.10 bits per heavy atom. The van der Waals surface area contributed by atoms with Crippen LogP contribution in [0.3, 0.4) is 0 Å². The average molecular weight is 417 g/mol. The molecule has 168 valence electrons. The number of piperidine rings is 1. The van der Waals surface area contributed by atoms with Crippen LogP contribution in [0.4, 0.5) is 0 Å². The molecular formula is C24H40N4O2. The highest BCUT2D eigenvalue weighted by Crippen LogP contribution is 2.15. The van der Waals surface area contributed by atoms with Crippen molar-refractivity contribution in [3.63, 3.8) is 0 Å². The Balaban J connectivity index is 1.45. The van der Waals surface area contributed by atoms with Crippen LogP contribution in [0, 0.1) is 0 Å². The van der Waals surface area contributed by atoms with Crippen LogP contribution in [0.1, 0.15) is 57.6 Å². The van der Waals surface area contributed by atoms with E-state index in [0.29, 0.717) is 31.3 Å². The number of nitrogens with zero attached hydrogens (tertiary/aromatic N) is 2. The summed E-state index contributed by atoms with van der Waals surface area (Å²) < 4.78 is 11.4. The van der Waals surface area contributed by atoms with E-state index in [-0.39, 0.29) is 0 Å². The minimum Gasteiger partial charge on any atom is -0.381 e. The van der Waals surface area contributed by atoms with Gasteiger partial charge >= 0.3 is 0 Å². The van der Waals surface area contributed by atoms with Gasteiger partial charge in [0.15, 0.2) is 5.96 Å². The zero-order valence-corrected chi connectivity index (χ0v) is 19.0. The molecule has 0 radical (unpaired) electrons. The fourth-order valence-corrected chi connectivity index (χ4v) is 4.04. The number of rotatable bonds is 8. The van der Waals surface area contributed by atoms with E-state index >= 15 is 0 Å². The molecule has 0 bridgehead atoms. The average Bonchev–Trinajstić information content (AvgIpc) is 2.78. The highest BCUT2D eigenvalue weighted by Gasteiger charge is 2.21. The maximum Gasteiger partial charge on any atom is 0.191 e. The Labute approximate surface area is 182 Å². The Morgan fingerprint density at radius 3 is 2.40 bits per heavy atom. The lowest BCUT2D eigenvalue weighted by Crippen LogP contribution is -2.49. The molecule has 0 atom stereocenters. The van der Waals surface area contributed by atoms with Gasteiger partial charge in [-0.05, 0) is 57.6 Å². The van der Waals surface area contributed by atoms with Gasteiger partial charge in [-0.1, -0.05) is 24.3 Å². The lowest BCUT2D eigenvalue weighted by Gasteiger charge is -2.35. The summed E-state index contributed by atoms with van der Waals surface area (Å²) in [6.07, 6.45) is 4.69. The predicted molar refractivity (Wildman–Crippen MR) is 123 cm³/mol. The molecule has 6 nitrogen and oxygen atoms in total. The lowest BCUT2D eigenvalue weighted by molar-refractivity contribution is -0.0390. The van der Waals surface area contributed by atoms with Gasteiger partial charge in [0.2, 0.25) is 0 Å². The first kappa shape index (κ1) is 23.0. The number of likely N-dealkylation sites (tertiary alicyclic amines) is 1. The Bertz CT molecular complexity index is 633. The van der Waals surface area contributed by atoms with Gasteiger partial charge in [0.1, 0.15) is 0 Å². The second kappa shape index (κ2) is 12.3. The van der Waals surface area contributed by atoms with E-state index in [0.717, 1.165) is 51.6 Å². The zero-order valence-electron chi connectivity index (χ0n) is 19.0. The molecule has 0 aromatic heterocycles. The topological polar surface area (TPSA) is 58.1 Å². The first-order chi connectivity index (χ1) is 14.6. The molecule has 3 rings (SSSR count). The van der Waals surface area contributed by atoms with Crippen molar-refractivity contribution in [1.82, 2.24) is 15.5 Å². The third-order valence-electron chi connectivity index (χ3n) is 6.04. The van der Waals surface area contributed by atoms with Gasteiger partial charge in [0.05, 0.1) is 19.3 Å². The molecule has 2 aliphatic heterocycles. The smallest absolute Gasteiger partial charge is 0.191 e. The summed E-state index contributed by atoms with van der Waals surface area (Å²) in [7, 11) is 0. The summed E-state index contributed by atoms with van der Waals surface area (Å²) in [6.45, 7) is 12.9. The Hall–Kier alpha value is -1.63. The quantitative estimate of drug-likeness (QED) is 0.503. The summed E-state index contributed by atoms with van der Waals surface area (Å²) in [4.78, 5) is 7.37. The monoisotopic (exact) mass is 416 g/mol. The van der Waals surface area contributed by atoms with E-state index in [1.807, 2.05) is 0 Å². The molecule has 2 N–H and O–H groups in total. The van der Waals surface area contributed by atoms with Crippen LogP contribution in [0.25, 0.3) is 0 Å². The van der Waals surface area contributed by atoms with Crippen molar-refractivity contribution in [2.75, 3.05) is 32.8 Å². The van der Waals surface area contributed by atoms with Crippen molar-refractivity contribution in [2.45, 2.75) is 77.8 Å². The number of hydrogen-bond acceptors (Lipinski definition) is 4. The maximum absolute atomic E-state index is 6.01. The van der Waals surface area contributed by atoms with Crippen molar-refractivity contribution >= 4 is 5.96 Å². The molecule has 30 heavy (non-hydrogen) atoms. The summed E-state index contributed by atoms with van der Waals surface area (Å²) in [6, 6.07) is 9.78. The highest BCUT2D eigenvalue weighted by atomic mass is 16.5. The van der Waals surface area contributed by atoms with Crippen LogP contribution in [-0.4, -0.2) is 61.9 Å². The molecule has 0 amide bonds. The fourth-order valence-electron chi connectivity index (χ4n) is 4.04. The number of aliphatic imine (C=N–C) groups is 1. The van der Waals surface area contributed by atoms with Crippen LogP contribution in [0.5, 0.6) is 0 Å². The zero-order chi connectivity index (χ0) is 21.2. The third kappa shape index (κ3) is 7.56. The predicted octanol–water partition coefficient (Wildman–Crippen LogP) is 3.31. The van der Waals surface area contributed by atoms with Crippen molar-refractivity contribution < 1.29 is 9.47 Å². The minimum absolute atomic E-state index is 0.337. The molecule has 0 saturated carbocycles. The largest absolute Gasteiger partial charge is 0.381 e. The summed E-state index contributed by atoms with van der Waals surface area (Å²) >= 11 is 0. The molecule has 1 aromatic rings. The molecule has 0 spiro atoms. The second-order valence-electron chi connectivity index (χ2n) is 8.68. The summed E-state index contributed by atoms with van der Waals surface area (Å²) in [5.41, 5.74) is 2.44. The first-order valence-corrected chi connectivity index (χ1v) is 11.7. The minimum atomic E-state index is 0.337. The third-order valence-corrected chi connectivity index (χ3v) is 6.04. The van der Waals surface area contributed by atoms with E-state index < -0.39 is 0 Å². The first-order valence-electron chi connectivity index (χ1n) is 11.7. The number of benzene rings is 1. The van der Waals surface area contributed by atoms with Gasteiger partial charge in [0, 0.05) is 44.9 Å². The van der Waals surface area contributed by atoms with Gasteiger partial charge in [-0.25, -0.2) is 4.99 Å². The van der Waals surface area contributed by atoms with Crippen molar-refractivity contribution in [1.29, 1.82) is 0 Å². The fraction of sp³-hybridized carbons (Fsp3) is 0.708. The molecule has 0 aliphatic carbocycles. The van der Waals surface area contributed by atoms with Crippen molar-refractivity contribution in [2.24, 2.45) is 4.99 Å². The summed E-state index contributed by atoms with van der Waals surface area (Å²) in [5.74, 6) is 0.924. The molecule has 2 fully saturated rings. The maximum atomic E-state index is 6.01. The van der Waals surface area contributed by atoms with Crippen LogP contribution >= 0.6 is 0 Å². The molecule has 2 heterocycles. The SMILES string of the molecule is CCNC(=NCc1ccc(COC2CCOCC2)cc1)NC1CCN(C(C)C)CC1. The highest BCUT2D eigenvalue weighted by molar-refractivity contribution is 5.80. The van der Waals surface area contributed by atoms with E-state index in [1.165, 1.54) is 24.0 Å². The number of guanidine groups is 1. The van der Waals surface area contributed by atoms with Crippen LogP contribution < -0.4 is 10.6 Å². The van der Waals surface area contributed by atoms with Gasteiger partial charge in [-0.3, -0.25) is 0 Å². The number of hydrogen-bond donors (Lipinski definition) is 2. The molecule has 6 heteroatoms. The standard InChI is InChI=1S/C24H40N4O2/c1-4-25-24(27-22-9-13-28(14-10-22)19(2)3)26-17-20-5-7-21(8-6-20)18-30-23-11-15-29-16-12-23/h5-8,19,22-23H,4,9-18H2,1-3H3,(H2,25,26,27). The van der Waals surface area contributed by atoms with Gasteiger partial charge in [-0.2, -0.15) is 0 Å². The van der Waals surface area contributed by atoms with E-state index in [2.05, 4.69) is 60.6 Å². The second-order valence-corrected chi connectivity index (χ2v) is 8.68. The Morgan fingerprint density at radius 2 is 1.77 bits per heavy atom. The van der Waals surface area contributed by atoms with Crippen LogP contribution in [0.15, 0.2) is 29.3 Å². The van der Waals surface area contributed by atoms with Crippen molar-refractivity contribution in [3.05, 3.63) is 35.4 Å².